The zero-order valence-electron chi connectivity index (χ0n) is 18.0. The van der Waals surface area contributed by atoms with Gasteiger partial charge in [-0.15, -0.1) is 11.3 Å². The van der Waals surface area contributed by atoms with Crippen LogP contribution < -0.4 is 10.3 Å². The van der Waals surface area contributed by atoms with Crippen LogP contribution in [0.25, 0.3) is 15.9 Å². The van der Waals surface area contributed by atoms with Crippen molar-refractivity contribution >= 4 is 33.3 Å². The SMILES string of the molecule is COc1cccc(-n2c(SCc3nccn3C(F)F)nc3sc4c(c3c2=O)CCCCC4)c1. The molecule has 0 amide bonds. The third-order valence-electron chi connectivity index (χ3n) is 5.81. The maximum Gasteiger partial charge on any atom is 0.319 e. The molecule has 172 valence electrons. The predicted molar refractivity (Wildman–Crippen MR) is 126 cm³/mol. The summed E-state index contributed by atoms with van der Waals surface area (Å²) < 4.78 is 34.3. The molecule has 6 nitrogen and oxygen atoms in total. The van der Waals surface area contributed by atoms with Crippen molar-refractivity contribution < 1.29 is 13.5 Å². The molecule has 10 heteroatoms. The van der Waals surface area contributed by atoms with Crippen LogP contribution in [-0.2, 0) is 18.6 Å². The molecule has 33 heavy (non-hydrogen) atoms. The third-order valence-corrected chi connectivity index (χ3v) is 7.93. The first-order chi connectivity index (χ1) is 16.1. The van der Waals surface area contributed by atoms with E-state index in [9.17, 15) is 13.6 Å². The van der Waals surface area contributed by atoms with Crippen molar-refractivity contribution in [3.05, 3.63) is 63.3 Å². The Morgan fingerprint density at radius 2 is 2.09 bits per heavy atom. The van der Waals surface area contributed by atoms with E-state index < -0.39 is 6.55 Å². The van der Waals surface area contributed by atoms with Gasteiger partial charge < -0.3 is 4.74 Å². The van der Waals surface area contributed by atoms with E-state index in [2.05, 4.69) is 4.98 Å². The molecule has 0 fully saturated rings. The largest absolute Gasteiger partial charge is 0.497 e. The minimum atomic E-state index is -2.67. The fourth-order valence-corrected chi connectivity index (χ4v) is 6.46. The van der Waals surface area contributed by atoms with E-state index >= 15 is 0 Å². The van der Waals surface area contributed by atoms with E-state index in [1.54, 1.807) is 29.1 Å². The molecule has 4 aromatic rings. The standard InChI is InChI=1S/C23H22F2N4O2S2/c1-31-15-7-5-6-14(12-15)29-21(30)19-16-8-3-2-4-9-17(16)33-20(19)27-23(29)32-13-18-26-10-11-28(18)22(24)25/h5-7,10-12,22H,2-4,8-9,13H2,1H3. The number of nitrogens with zero attached hydrogens (tertiary/aromatic N) is 4. The molecule has 0 saturated carbocycles. The van der Waals surface area contributed by atoms with Crippen LogP contribution in [0.3, 0.4) is 0 Å². The van der Waals surface area contributed by atoms with Gasteiger partial charge in [-0.1, -0.05) is 24.2 Å². The molecule has 0 bridgehead atoms. The lowest BCUT2D eigenvalue weighted by Crippen LogP contribution is -2.22. The van der Waals surface area contributed by atoms with Crippen LogP contribution in [0.5, 0.6) is 5.75 Å². The Morgan fingerprint density at radius 1 is 1.24 bits per heavy atom. The van der Waals surface area contributed by atoms with Crippen molar-refractivity contribution in [3.8, 4) is 11.4 Å². The average Bonchev–Trinajstić information content (AvgIpc) is 3.36. The lowest BCUT2D eigenvalue weighted by atomic mass is 10.1. The lowest BCUT2D eigenvalue weighted by molar-refractivity contribution is 0.0678. The Balaban J connectivity index is 1.66. The van der Waals surface area contributed by atoms with Crippen LogP contribution in [0.1, 0.15) is 42.1 Å². The molecule has 1 aromatic carbocycles. The topological polar surface area (TPSA) is 61.9 Å². The molecule has 5 rings (SSSR count). The Hall–Kier alpha value is -2.72. The van der Waals surface area contributed by atoms with Gasteiger partial charge in [0.15, 0.2) is 5.16 Å². The summed E-state index contributed by atoms with van der Waals surface area (Å²) in [6.07, 6.45) is 7.77. The highest BCUT2D eigenvalue weighted by molar-refractivity contribution is 7.98. The summed E-state index contributed by atoms with van der Waals surface area (Å²) in [5.41, 5.74) is 1.61. The molecule has 0 unspecified atom stereocenters. The summed E-state index contributed by atoms with van der Waals surface area (Å²) in [7, 11) is 1.57. The molecular weight excluding hydrogens is 466 g/mol. The number of hydrogen-bond acceptors (Lipinski definition) is 6. The highest BCUT2D eigenvalue weighted by Crippen LogP contribution is 2.35. The number of ether oxygens (including phenoxy) is 1. The summed E-state index contributed by atoms with van der Waals surface area (Å²) in [5.74, 6) is 1.00. The van der Waals surface area contributed by atoms with Crippen molar-refractivity contribution in [3.63, 3.8) is 0 Å². The van der Waals surface area contributed by atoms with E-state index in [1.165, 1.54) is 29.0 Å². The number of methoxy groups -OCH3 is 1. The smallest absolute Gasteiger partial charge is 0.319 e. The van der Waals surface area contributed by atoms with Crippen LogP contribution in [-0.4, -0.2) is 26.2 Å². The van der Waals surface area contributed by atoms with Gasteiger partial charge in [0.25, 0.3) is 5.56 Å². The molecule has 3 aromatic heterocycles. The van der Waals surface area contributed by atoms with E-state index in [1.807, 2.05) is 18.2 Å². The summed E-state index contributed by atoms with van der Waals surface area (Å²) in [5, 5.41) is 1.12. The Kier molecular flexibility index (Phi) is 6.20. The van der Waals surface area contributed by atoms with Crippen LogP contribution >= 0.6 is 23.1 Å². The first-order valence-electron chi connectivity index (χ1n) is 10.7. The molecule has 0 atom stereocenters. The van der Waals surface area contributed by atoms with E-state index in [4.69, 9.17) is 9.72 Å². The summed E-state index contributed by atoms with van der Waals surface area (Å²) in [6, 6.07) is 7.23. The highest BCUT2D eigenvalue weighted by atomic mass is 32.2. The number of thioether (sulfide) groups is 1. The molecule has 0 radical (unpaired) electrons. The molecule has 1 aliphatic carbocycles. The lowest BCUT2D eigenvalue weighted by Gasteiger charge is -2.14. The Bertz CT molecular complexity index is 1360. The molecule has 1 aliphatic rings. The van der Waals surface area contributed by atoms with Gasteiger partial charge in [0.1, 0.15) is 16.4 Å². The van der Waals surface area contributed by atoms with Gasteiger partial charge >= 0.3 is 6.55 Å². The number of imidazole rings is 1. The van der Waals surface area contributed by atoms with Gasteiger partial charge in [0.05, 0.1) is 23.9 Å². The summed E-state index contributed by atoms with van der Waals surface area (Å²) in [4.78, 5) is 24.7. The first-order valence-corrected chi connectivity index (χ1v) is 12.5. The fourth-order valence-electron chi connectivity index (χ4n) is 4.20. The minimum absolute atomic E-state index is 0.132. The van der Waals surface area contributed by atoms with Crippen LogP contribution in [0.2, 0.25) is 0 Å². The van der Waals surface area contributed by atoms with Gasteiger partial charge in [-0.05, 0) is 43.4 Å². The van der Waals surface area contributed by atoms with Gasteiger partial charge in [0.2, 0.25) is 0 Å². The normalized spacial score (nSPS) is 13.9. The number of hydrogen-bond donors (Lipinski definition) is 0. The number of aryl methyl sites for hydroxylation is 2. The van der Waals surface area contributed by atoms with Crippen molar-refractivity contribution in [1.82, 2.24) is 19.1 Å². The number of aromatic nitrogens is 4. The fraction of sp³-hybridized carbons (Fsp3) is 0.348. The second-order valence-electron chi connectivity index (χ2n) is 7.80. The van der Waals surface area contributed by atoms with Crippen molar-refractivity contribution in [2.45, 2.75) is 49.6 Å². The maximum atomic E-state index is 13.9. The first kappa shape index (κ1) is 22.1. The van der Waals surface area contributed by atoms with E-state index in [-0.39, 0.29) is 17.1 Å². The monoisotopic (exact) mass is 488 g/mol. The average molecular weight is 489 g/mol. The third kappa shape index (κ3) is 4.17. The van der Waals surface area contributed by atoms with Crippen molar-refractivity contribution in [2.24, 2.45) is 0 Å². The highest BCUT2D eigenvalue weighted by Gasteiger charge is 2.23. The van der Waals surface area contributed by atoms with Gasteiger partial charge in [-0.3, -0.25) is 13.9 Å². The second kappa shape index (κ2) is 9.26. The minimum Gasteiger partial charge on any atom is -0.497 e. The summed E-state index contributed by atoms with van der Waals surface area (Å²) >= 11 is 2.81. The van der Waals surface area contributed by atoms with E-state index in [0.29, 0.717) is 26.8 Å². The number of rotatable bonds is 6. The number of halogens is 2. The number of thiophene rings is 1. The molecular formula is C23H22F2N4O2S2. The predicted octanol–water partition coefficient (Wildman–Crippen LogP) is 5.61. The number of fused-ring (bicyclic) bond motifs is 3. The van der Waals surface area contributed by atoms with Crippen molar-refractivity contribution in [2.75, 3.05) is 7.11 Å². The maximum absolute atomic E-state index is 13.9. The quantitative estimate of drug-likeness (QED) is 0.201. The molecule has 0 aliphatic heterocycles. The summed E-state index contributed by atoms with van der Waals surface area (Å²) in [6.45, 7) is -2.67. The van der Waals surface area contributed by atoms with Gasteiger partial charge in [-0.25, -0.2) is 9.97 Å². The van der Waals surface area contributed by atoms with Gasteiger partial charge in [-0.2, -0.15) is 8.78 Å². The molecule has 3 heterocycles. The van der Waals surface area contributed by atoms with Crippen LogP contribution in [0, 0.1) is 0 Å². The Morgan fingerprint density at radius 3 is 2.91 bits per heavy atom. The van der Waals surface area contributed by atoms with Crippen LogP contribution in [0.15, 0.2) is 46.6 Å². The van der Waals surface area contributed by atoms with E-state index in [0.717, 1.165) is 42.2 Å². The zero-order valence-corrected chi connectivity index (χ0v) is 19.6. The van der Waals surface area contributed by atoms with Crippen molar-refractivity contribution in [1.29, 1.82) is 0 Å². The van der Waals surface area contributed by atoms with Gasteiger partial charge in [0, 0.05) is 23.3 Å². The molecule has 0 N–H and O–H groups in total. The zero-order chi connectivity index (χ0) is 22.9. The Labute approximate surface area is 197 Å². The second-order valence-corrected chi connectivity index (χ2v) is 9.82. The molecule has 0 spiro atoms. The number of benzene rings is 1. The number of alkyl halides is 2. The molecule has 0 saturated heterocycles. The van der Waals surface area contributed by atoms with Crippen LogP contribution in [0.4, 0.5) is 8.78 Å².